The van der Waals surface area contributed by atoms with Gasteiger partial charge in [0.2, 0.25) is 12.7 Å². The van der Waals surface area contributed by atoms with Crippen LogP contribution in [0.25, 0.3) is 0 Å². The molecule has 2 aliphatic heterocycles. The molecule has 0 aliphatic carbocycles. The minimum absolute atomic E-state index is 0.0752. The summed E-state index contributed by atoms with van der Waals surface area (Å²) in [5, 5.41) is 2.96. The summed E-state index contributed by atoms with van der Waals surface area (Å²) >= 11 is 0. The minimum atomic E-state index is -0.0753. The van der Waals surface area contributed by atoms with Crippen molar-refractivity contribution in [1.29, 1.82) is 0 Å². The number of carbonyl (C=O) groups excluding carboxylic acids is 1. The SMILES string of the molecule is CC(C(=O)NCCOc1ccc2c(c1)OCO2)N1CCCCCC1. The molecule has 1 N–H and O–H groups in total. The number of amides is 1. The standard InChI is InChI=1S/C18H26N2O4/c1-14(20-9-4-2-3-5-10-20)18(21)19-8-11-22-15-6-7-16-17(12-15)24-13-23-16/h6-7,12,14H,2-5,8-11,13H2,1H3,(H,19,21). The number of fused-ring (bicyclic) bond motifs is 1. The van der Waals surface area contributed by atoms with Gasteiger partial charge in [-0.3, -0.25) is 9.69 Å². The number of likely N-dealkylation sites (tertiary alicyclic amines) is 1. The van der Waals surface area contributed by atoms with E-state index in [4.69, 9.17) is 14.2 Å². The molecule has 1 unspecified atom stereocenters. The van der Waals surface area contributed by atoms with Crippen LogP contribution in [0.2, 0.25) is 0 Å². The average Bonchev–Trinajstić information content (AvgIpc) is 2.89. The first kappa shape index (κ1) is 16.9. The van der Waals surface area contributed by atoms with E-state index >= 15 is 0 Å². The Labute approximate surface area is 143 Å². The lowest BCUT2D eigenvalue weighted by atomic mass is 10.2. The predicted molar refractivity (Wildman–Crippen MR) is 90.6 cm³/mol. The number of rotatable bonds is 6. The van der Waals surface area contributed by atoms with Crippen molar-refractivity contribution in [2.75, 3.05) is 33.0 Å². The van der Waals surface area contributed by atoms with E-state index in [1.807, 2.05) is 25.1 Å². The molecule has 0 bridgehead atoms. The molecular weight excluding hydrogens is 308 g/mol. The van der Waals surface area contributed by atoms with Gasteiger partial charge in [0.25, 0.3) is 0 Å². The normalized spacial score (nSPS) is 18.7. The molecule has 1 amide bonds. The van der Waals surface area contributed by atoms with E-state index in [-0.39, 0.29) is 18.7 Å². The van der Waals surface area contributed by atoms with Crippen LogP contribution in [0.4, 0.5) is 0 Å². The van der Waals surface area contributed by atoms with Gasteiger partial charge in [-0.25, -0.2) is 0 Å². The van der Waals surface area contributed by atoms with Gasteiger partial charge in [0.1, 0.15) is 12.4 Å². The second-order valence-corrected chi connectivity index (χ2v) is 6.28. The van der Waals surface area contributed by atoms with E-state index in [0.29, 0.717) is 24.7 Å². The maximum atomic E-state index is 12.3. The molecular formula is C18H26N2O4. The maximum absolute atomic E-state index is 12.3. The first-order chi connectivity index (χ1) is 11.7. The number of hydrogen-bond donors (Lipinski definition) is 1. The van der Waals surface area contributed by atoms with Crippen molar-refractivity contribution in [2.45, 2.75) is 38.6 Å². The Kier molecular flexibility index (Phi) is 5.80. The summed E-state index contributed by atoms with van der Waals surface area (Å²) in [4.78, 5) is 14.6. The van der Waals surface area contributed by atoms with Crippen LogP contribution in [0.5, 0.6) is 17.2 Å². The van der Waals surface area contributed by atoms with Gasteiger partial charge in [-0.15, -0.1) is 0 Å². The van der Waals surface area contributed by atoms with E-state index in [2.05, 4.69) is 10.2 Å². The first-order valence-corrected chi connectivity index (χ1v) is 8.78. The van der Waals surface area contributed by atoms with Crippen LogP contribution in [0.15, 0.2) is 18.2 Å². The lowest BCUT2D eigenvalue weighted by Crippen LogP contribution is -2.46. The highest BCUT2D eigenvalue weighted by molar-refractivity contribution is 5.81. The van der Waals surface area contributed by atoms with Crippen molar-refractivity contribution in [3.63, 3.8) is 0 Å². The molecule has 0 aromatic heterocycles. The second kappa shape index (κ2) is 8.24. The number of carbonyl (C=O) groups is 1. The third-order valence-corrected chi connectivity index (χ3v) is 4.58. The predicted octanol–water partition coefficient (Wildman–Crippen LogP) is 2.17. The topological polar surface area (TPSA) is 60.0 Å². The van der Waals surface area contributed by atoms with E-state index in [1.54, 1.807) is 0 Å². The van der Waals surface area contributed by atoms with E-state index in [1.165, 1.54) is 25.7 Å². The zero-order valence-electron chi connectivity index (χ0n) is 14.3. The highest BCUT2D eigenvalue weighted by Gasteiger charge is 2.21. The zero-order chi connectivity index (χ0) is 16.8. The van der Waals surface area contributed by atoms with Gasteiger partial charge in [-0.1, -0.05) is 12.8 Å². The summed E-state index contributed by atoms with van der Waals surface area (Å²) in [6, 6.07) is 5.41. The third kappa shape index (κ3) is 4.32. The molecule has 24 heavy (non-hydrogen) atoms. The van der Waals surface area contributed by atoms with E-state index < -0.39 is 0 Å². The van der Waals surface area contributed by atoms with Crippen LogP contribution < -0.4 is 19.5 Å². The molecule has 0 saturated carbocycles. The number of ether oxygens (including phenoxy) is 3. The first-order valence-electron chi connectivity index (χ1n) is 8.78. The second-order valence-electron chi connectivity index (χ2n) is 6.28. The molecule has 1 aromatic carbocycles. The molecule has 0 spiro atoms. The molecule has 6 nitrogen and oxygen atoms in total. The van der Waals surface area contributed by atoms with Crippen LogP contribution >= 0.6 is 0 Å². The molecule has 132 valence electrons. The highest BCUT2D eigenvalue weighted by Crippen LogP contribution is 2.34. The Morgan fingerprint density at radius 2 is 1.96 bits per heavy atom. The van der Waals surface area contributed by atoms with Gasteiger partial charge in [-0.2, -0.15) is 0 Å². The van der Waals surface area contributed by atoms with Crippen LogP contribution in [0.1, 0.15) is 32.6 Å². The van der Waals surface area contributed by atoms with Gasteiger partial charge < -0.3 is 19.5 Å². The molecule has 1 aromatic rings. The largest absolute Gasteiger partial charge is 0.492 e. The monoisotopic (exact) mass is 334 g/mol. The number of nitrogens with zero attached hydrogens (tertiary/aromatic N) is 1. The average molecular weight is 334 g/mol. The Morgan fingerprint density at radius 1 is 1.21 bits per heavy atom. The summed E-state index contributed by atoms with van der Waals surface area (Å²) in [7, 11) is 0. The molecule has 3 rings (SSSR count). The number of benzene rings is 1. The van der Waals surface area contributed by atoms with Crippen molar-refractivity contribution in [3.05, 3.63) is 18.2 Å². The molecule has 2 heterocycles. The lowest BCUT2D eigenvalue weighted by molar-refractivity contribution is -0.126. The van der Waals surface area contributed by atoms with Gasteiger partial charge in [-0.05, 0) is 45.0 Å². The van der Waals surface area contributed by atoms with Crippen molar-refractivity contribution in [3.8, 4) is 17.2 Å². The fourth-order valence-electron chi connectivity index (χ4n) is 3.11. The van der Waals surface area contributed by atoms with Crippen LogP contribution in [0.3, 0.4) is 0 Å². The maximum Gasteiger partial charge on any atom is 0.237 e. The van der Waals surface area contributed by atoms with Crippen molar-refractivity contribution in [1.82, 2.24) is 10.2 Å². The van der Waals surface area contributed by atoms with E-state index in [0.717, 1.165) is 18.8 Å². The highest BCUT2D eigenvalue weighted by atomic mass is 16.7. The molecule has 1 fully saturated rings. The molecule has 1 saturated heterocycles. The summed E-state index contributed by atoms with van der Waals surface area (Å²) in [5.41, 5.74) is 0. The Bertz CT molecular complexity index is 556. The quantitative estimate of drug-likeness (QED) is 0.808. The van der Waals surface area contributed by atoms with Crippen molar-refractivity contribution >= 4 is 5.91 Å². The van der Waals surface area contributed by atoms with Crippen LogP contribution in [-0.2, 0) is 4.79 Å². The summed E-state index contributed by atoms with van der Waals surface area (Å²) in [6.45, 7) is 5.19. The van der Waals surface area contributed by atoms with Gasteiger partial charge in [0.05, 0.1) is 12.6 Å². The lowest BCUT2D eigenvalue weighted by Gasteiger charge is -2.26. The summed E-state index contributed by atoms with van der Waals surface area (Å²) in [6.07, 6.45) is 4.91. The van der Waals surface area contributed by atoms with Gasteiger partial charge in [0.15, 0.2) is 11.5 Å². The Hall–Kier alpha value is -1.95. The Morgan fingerprint density at radius 3 is 2.75 bits per heavy atom. The van der Waals surface area contributed by atoms with Crippen LogP contribution in [0, 0.1) is 0 Å². The minimum Gasteiger partial charge on any atom is -0.492 e. The Balaban J connectivity index is 1.38. The van der Waals surface area contributed by atoms with E-state index in [9.17, 15) is 4.79 Å². The zero-order valence-corrected chi connectivity index (χ0v) is 14.3. The molecule has 2 aliphatic rings. The molecule has 1 atom stereocenters. The van der Waals surface area contributed by atoms with Crippen molar-refractivity contribution in [2.24, 2.45) is 0 Å². The van der Waals surface area contributed by atoms with Crippen molar-refractivity contribution < 1.29 is 19.0 Å². The number of nitrogens with one attached hydrogen (secondary N) is 1. The molecule has 6 heteroatoms. The summed E-state index contributed by atoms with van der Waals surface area (Å²) < 4.78 is 16.2. The molecule has 0 radical (unpaired) electrons. The smallest absolute Gasteiger partial charge is 0.237 e. The fraction of sp³-hybridized carbons (Fsp3) is 0.611. The van der Waals surface area contributed by atoms with Gasteiger partial charge >= 0.3 is 0 Å². The summed E-state index contributed by atoms with van der Waals surface area (Å²) in [5.74, 6) is 2.23. The number of hydrogen-bond acceptors (Lipinski definition) is 5. The van der Waals surface area contributed by atoms with Crippen LogP contribution in [-0.4, -0.2) is 49.9 Å². The third-order valence-electron chi connectivity index (χ3n) is 4.58. The van der Waals surface area contributed by atoms with Gasteiger partial charge in [0, 0.05) is 6.07 Å². The fourth-order valence-corrected chi connectivity index (χ4v) is 3.11.